The standard InChI is InChI=1S/C22H27N3O5S3.ClH/c1-24(2)13-14-25(21(26)10-7-15-33(29,30)17-8-5-4-6-9-17)22-23-19-12-11-18(32(3,27)28)16-20(19)31-22;/h4-6,8-9,11-12,16H,7,10,13-15H2,1-3H3;1H. The molecule has 0 atom stereocenters. The molecule has 0 bridgehead atoms. The van der Waals surface area contributed by atoms with E-state index in [1.807, 2.05) is 19.0 Å². The third kappa shape index (κ3) is 7.22. The normalized spacial score (nSPS) is 12.0. The van der Waals surface area contributed by atoms with Crippen molar-refractivity contribution in [3.8, 4) is 0 Å². The van der Waals surface area contributed by atoms with E-state index in [4.69, 9.17) is 0 Å². The molecule has 3 aromatic rings. The van der Waals surface area contributed by atoms with Crippen LogP contribution < -0.4 is 4.90 Å². The highest BCUT2D eigenvalue weighted by molar-refractivity contribution is 7.91. The molecular weight excluding hydrogens is 518 g/mol. The molecule has 1 amide bonds. The first kappa shape index (κ1) is 28.2. The predicted molar refractivity (Wildman–Crippen MR) is 139 cm³/mol. The molecule has 0 aliphatic heterocycles. The van der Waals surface area contributed by atoms with Crippen LogP contribution in [0.1, 0.15) is 12.8 Å². The summed E-state index contributed by atoms with van der Waals surface area (Å²) in [5.74, 6) is -0.343. The van der Waals surface area contributed by atoms with E-state index in [0.717, 1.165) is 6.26 Å². The van der Waals surface area contributed by atoms with E-state index in [2.05, 4.69) is 4.98 Å². The number of amides is 1. The maximum atomic E-state index is 13.1. The second kappa shape index (κ2) is 11.6. The number of aromatic nitrogens is 1. The zero-order chi connectivity index (χ0) is 24.2. The lowest BCUT2D eigenvalue weighted by Gasteiger charge is -2.22. The molecular formula is C22H28ClN3O5S3. The van der Waals surface area contributed by atoms with Gasteiger partial charge in [0, 0.05) is 25.8 Å². The van der Waals surface area contributed by atoms with E-state index in [9.17, 15) is 21.6 Å². The first-order chi connectivity index (χ1) is 15.5. The maximum Gasteiger partial charge on any atom is 0.228 e. The highest BCUT2D eigenvalue weighted by atomic mass is 35.5. The van der Waals surface area contributed by atoms with Crippen molar-refractivity contribution in [2.75, 3.05) is 44.1 Å². The van der Waals surface area contributed by atoms with Gasteiger partial charge in [-0.25, -0.2) is 21.8 Å². The number of hydrogen-bond acceptors (Lipinski definition) is 8. The molecule has 0 radical (unpaired) electrons. The molecule has 8 nitrogen and oxygen atoms in total. The minimum Gasteiger partial charge on any atom is -0.308 e. The number of carbonyl (C=O) groups is 1. The van der Waals surface area contributed by atoms with Gasteiger partial charge in [0.05, 0.1) is 25.8 Å². The predicted octanol–water partition coefficient (Wildman–Crippen LogP) is 3.27. The molecule has 12 heteroatoms. The van der Waals surface area contributed by atoms with Crippen LogP contribution in [-0.2, 0) is 24.5 Å². The third-order valence-corrected chi connectivity index (χ3v) is 8.95. The minimum atomic E-state index is -3.46. The first-order valence-electron chi connectivity index (χ1n) is 10.3. The van der Waals surface area contributed by atoms with Gasteiger partial charge in [0.1, 0.15) is 0 Å². The highest BCUT2D eigenvalue weighted by Crippen LogP contribution is 2.31. The third-order valence-electron chi connectivity index (χ3n) is 4.99. The largest absolute Gasteiger partial charge is 0.308 e. The molecule has 0 aliphatic rings. The number of anilines is 1. The second-order valence-electron chi connectivity index (χ2n) is 7.98. The summed E-state index contributed by atoms with van der Waals surface area (Å²) in [4.78, 5) is 21.5. The molecule has 3 rings (SSSR count). The second-order valence-corrected chi connectivity index (χ2v) is 13.1. The summed E-state index contributed by atoms with van der Waals surface area (Å²) in [5, 5.41) is 0.466. The van der Waals surface area contributed by atoms with Gasteiger partial charge in [-0.3, -0.25) is 9.69 Å². The Morgan fingerprint density at radius 1 is 0.971 bits per heavy atom. The average molecular weight is 546 g/mol. The number of carbonyl (C=O) groups excluding carboxylic acids is 1. The fraction of sp³-hybridized carbons (Fsp3) is 0.364. The molecule has 0 saturated carbocycles. The number of likely N-dealkylation sites (N-methyl/N-ethyl adjacent to an activating group) is 1. The van der Waals surface area contributed by atoms with Crippen molar-refractivity contribution in [1.82, 2.24) is 9.88 Å². The Bertz CT molecular complexity index is 1340. The van der Waals surface area contributed by atoms with Gasteiger partial charge < -0.3 is 4.90 Å². The smallest absolute Gasteiger partial charge is 0.228 e. The Kier molecular flexibility index (Phi) is 9.61. The fourth-order valence-electron chi connectivity index (χ4n) is 3.16. The SMILES string of the molecule is CN(C)CCN(C(=O)CCCS(=O)(=O)c1ccccc1)c1nc2ccc(S(C)(=O)=O)cc2s1.Cl. The Labute approximate surface area is 210 Å². The average Bonchev–Trinajstić information content (AvgIpc) is 3.16. The summed E-state index contributed by atoms with van der Waals surface area (Å²) >= 11 is 1.24. The summed E-state index contributed by atoms with van der Waals surface area (Å²) in [6.07, 6.45) is 1.40. The van der Waals surface area contributed by atoms with Gasteiger partial charge in [0.15, 0.2) is 24.8 Å². The van der Waals surface area contributed by atoms with Crippen LogP contribution in [0.25, 0.3) is 10.2 Å². The van der Waals surface area contributed by atoms with E-state index >= 15 is 0 Å². The maximum absolute atomic E-state index is 13.1. The lowest BCUT2D eigenvalue weighted by atomic mass is 10.3. The number of thiazole rings is 1. The monoisotopic (exact) mass is 545 g/mol. The van der Waals surface area contributed by atoms with Crippen molar-refractivity contribution in [1.29, 1.82) is 0 Å². The van der Waals surface area contributed by atoms with Crippen molar-refractivity contribution in [2.45, 2.75) is 22.6 Å². The Balaban J connectivity index is 0.00000408. The van der Waals surface area contributed by atoms with E-state index in [1.165, 1.54) is 17.4 Å². The summed E-state index contributed by atoms with van der Waals surface area (Å²) in [7, 11) is -3.03. The first-order valence-corrected chi connectivity index (χ1v) is 14.7. The molecule has 0 saturated heterocycles. The molecule has 2 aromatic carbocycles. The van der Waals surface area contributed by atoms with Crippen LogP contribution in [-0.4, -0.2) is 71.8 Å². The molecule has 186 valence electrons. The van der Waals surface area contributed by atoms with Gasteiger partial charge in [-0.15, -0.1) is 12.4 Å². The van der Waals surface area contributed by atoms with E-state index in [-0.39, 0.29) is 46.7 Å². The van der Waals surface area contributed by atoms with E-state index in [0.29, 0.717) is 28.4 Å². The van der Waals surface area contributed by atoms with Gasteiger partial charge >= 0.3 is 0 Å². The fourth-order valence-corrected chi connectivity index (χ4v) is 6.26. The number of hydrogen-bond donors (Lipinski definition) is 0. The van der Waals surface area contributed by atoms with E-state index in [1.54, 1.807) is 47.4 Å². The summed E-state index contributed by atoms with van der Waals surface area (Å²) in [6.45, 7) is 0.981. The van der Waals surface area contributed by atoms with Crippen LogP contribution in [0.3, 0.4) is 0 Å². The number of halogens is 1. The zero-order valence-corrected chi connectivity index (χ0v) is 22.4. The quantitative estimate of drug-likeness (QED) is 0.385. The van der Waals surface area contributed by atoms with Crippen molar-refractivity contribution in [3.63, 3.8) is 0 Å². The number of nitrogens with zero attached hydrogens (tertiary/aromatic N) is 3. The number of fused-ring (bicyclic) bond motifs is 1. The summed E-state index contributed by atoms with van der Waals surface area (Å²) in [5.41, 5.74) is 0.608. The van der Waals surface area contributed by atoms with Gasteiger partial charge in [-0.2, -0.15) is 0 Å². The van der Waals surface area contributed by atoms with Gasteiger partial charge in [0.25, 0.3) is 0 Å². The Morgan fingerprint density at radius 3 is 2.26 bits per heavy atom. The van der Waals surface area contributed by atoms with Crippen LogP contribution >= 0.6 is 23.7 Å². The molecule has 34 heavy (non-hydrogen) atoms. The van der Waals surface area contributed by atoms with Crippen LogP contribution in [0.2, 0.25) is 0 Å². The molecule has 0 unspecified atom stereocenters. The van der Waals surface area contributed by atoms with Gasteiger partial charge in [0.2, 0.25) is 5.91 Å². The lowest BCUT2D eigenvalue weighted by molar-refractivity contribution is -0.118. The number of sulfone groups is 2. The van der Waals surface area contributed by atoms with E-state index < -0.39 is 19.7 Å². The van der Waals surface area contributed by atoms with Crippen LogP contribution in [0.5, 0.6) is 0 Å². The van der Waals surface area contributed by atoms with Crippen LogP contribution in [0.4, 0.5) is 5.13 Å². The molecule has 1 aromatic heterocycles. The van der Waals surface area contributed by atoms with Crippen molar-refractivity contribution in [2.24, 2.45) is 0 Å². The van der Waals surface area contributed by atoms with Crippen molar-refractivity contribution >= 4 is 64.7 Å². The van der Waals surface area contributed by atoms with Crippen molar-refractivity contribution < 1.29 is 21.6 Å². The lowest BCUT2D eigenvalue weighted by Crippen LogP contribution is -2.36. The summed E-state index contributed by atoms with van der Waals surface area (Å²) < 4.78 is 49.4. The molecule has 1 heterocycles. The van der Waals surface area contributed by atoms with Gasteiger partial charge in [-0.1, -0.05) is 29.5 Å². The highest BCUT2D eigenvalue weighted by Gasteiger charge is 2.22. The zero-order valence-electron chi connectivity index (χ0n) is 19.2. The Morgan fingerprint density at radius 2 is 1.65 bits per heavy atom. The Hall–Kier alpha value is -2.05. The summed E-state index contributed by atoms with van der Waals surface area (Å²) in [6, 6.07) is 12.9. The van der Waals surface area contributed by atoms with Crippen LogP contribution in [0.15, 0.2) is 58.3 Å². The minimum absolute atomic E-state index is 0. The number of benzene rings is 2. The van der Waals surface area contributed by atoms with Crippen molar-refractivity contribution in [3.05, 3.63) is 48.5 Å². The molecule has 0 aliphatic carbocycles. The molecule has 0 N–H and O–H groups in total. The topological polar surface area (TPSA) is 105 Å². The molecule has 0 fully saturated rings. The molecule has 0 spiro atoms. The van der Waals surface area contributed by atoms with Crippen LogP contribution in [0, 0.1) is 0 Å². The van der Waals surface area contributed by atoms with Gasteiger partial charge in [-0.05, 0) is 50.8 Å². The number of rotatable bonds is 10.